The van der Waals surface area contributed by atoms with Crippen LogP contribution in [-0.2, 0) is 0 Å². The van der Waals surface area contributed by atoms with Gasteiger partial charge in [0.05, 0.1) is 5.56 Å². The van der Waals surface area contributed by atoms with Crippen LogP contribution in [0.25, 0.3) is 0 Å². The van der Waals surface area contributed by atoms with Gasteiger partial charge in [-0.15, -0.1) is 0 Å². The first-order valence-corrected chi connectivity index (χ1v) is 6.60. The quantitative estimate of drug-likeness (QED) is 0.836. The second-order valence-corrected chi connectivity index (χ2v) is 4.96. The number of nitrogens with zero attached hydrogens (tertiary/aromatic N) is 2. The average molecular weight is 248 g/mol. The van der Waals surface area contributed by atoms with E-state index in [1.165, 1.54) is 44.6 Å². The monoisotopic (exact) mass is 248 g/mol. The van der Waals surface area contributed by atoms with Gasteiger partial charge in [0.25, 0.3) is 0 Å². The Kier molecular flexibility index (Phi) is 4.18. The standard InChI is InChI=1S/C14H20N2O2/c1-16(12-6-4-2-3-5-7-12)13-10-11(14(17)18)8-9-15-13/h8-10,12H,2-7H2,1H3,(H,17,18). The molecule has 1 aromatic heterocycles. The zero-order chi connectivity index (χ0) is 13.0. The van der Waals surface area contributed by atoms with Gasteiger partial charge in [0.2, 0.25) is 0 Å². The Balaban J connectivity index is 2.13. The molecule has 1 aliphatic rings. The molecular formula is C14H20N2O2. The summed E-state index contributed by atoms with van der Waals surface area (Å²) < 4.78 is 0. The maximum atomic E-state index is 11.0. The van der Waals surface area contributed by atoms with Crippen molar-refractivity contribution in [3.05, 3.63) is 23.9 Å². The summed E-state index contributed by atoms with van der Waals surface area (Å²) in [6.07, 6.45) is 9.07. The van der Waals surface area contributed by atoms with Gasteiger partial charge in [0.15, 0.2) is 0 Å². The molecule has 4 nitrogen and oxygen atoms in total. The van der Waals surface area contributed by atoms with E-state index < -0.39 is 5.97 Å². The van der Waals surface area contributed by atoms with Crippen molar-refractivity contribution < 1.29 is 9.90 Å². The topological polar surface area (TPSA) is 53.4 Å². The van der Waals surface area contributed by atoms with Crippen molar-refractivity contribution in [2.45, 2.75) is 44.6 Å². The number of anilines is 1. The van der Waals surface area contributed by atoms with E-state index in [4.69, 9.17) is 5.11 Å². The zero-order valence-electron chi connectivity index (χ0n) is 10.8. The maximum absolute atomic E-state index is 11.0. The SMILES string of the molecule is CN(c1cc(C(=O)O)ccn1)C1CCCCCC1. The van der Waals surface area contributed by atoms with Gasteiger partial charge in [-0.3, -0.25) is 0 Å². The molecule has 1 fully saturated rings. The van der Waals surface area contributed by atoms with Crippen LogP contribution < -0.4 is 4.90 Å². The van der Waals surface area contributed by atoms with E-state index in [9.17, 15) is 4.79 Å². The van der Waals surface area contributed by atoms with E-state index in [-0.39, 0.29) is 0 Å². The average Bonchev–Trinajstić information content (AvgIpc) is 2.67. The fourth-order valence-corrected chi connectivity index (χ4v) is 2.58. The highest BCUT2D eigenvalue weighted by Gasteiger charge is 2.18. The summed E-state index contributed by atoms with van der Waals surface area (Å²) in [5.74, 6) is -0.130. The number of carboxylic acid groups (broad SMARTS) is 1. The highest BCUT2D eigenvalue weighted by Crippen LogP contribution is 2.24. The molecule has 0 aliphatic heterocycles. The highest BCUT2D eigenvalue weighted by molar-refractivity contribution is 5.88. The van der Waals surface area contributed by atoms with Gasteiger partial charge in [-0.1, -0.05) is 25.7 Å². The second kappa shape index (κ2) is 5.85. The highest BCUT2D eigenvalue weighted by atomic mass is 16.4. The summed E-state index contributed by atoms with van der Waals surface area (Å²) in [7, 11) is 2.02. The molecule has 0 amide bonds. The molecule has 18 heavy (non-hydrogen) atoms. The summed E-state index contributed by atoms with van der Waals surface area (Å²) >= 11 is 0. The first-order chi connectivity index (χ1) is 8.68. The molecule has 2 rings (SSSR count). The molecule has 0 aromatic carbocycles. The number of hydrogen-bond donors (Lipinski definition) is 1. The van der Waals surface area contributed by atoms with Crippen LogP contribution >= 0.6 is 0 Å². The molecule has 0 bridgehead atoms. The molecule has 4 heteroatoms. The number of pyridine rings is 1. The predicted molar refractivity (Wildman–Crippen MR) is 71.1 cm³/mol. The van der Waals surface area contributed by atoms with Crippen molar-refractivity contribution in [2.75, 3.05) is 11.9 Å². The molecule has 98 valence electrons. The van der Waals surface area contributed by atoms with E-state index in [1.807, 2.05) is 7.05 Å². The van der Waals surface area contributed by atoms with Crippen LogP contribution in [0.2, 0.25) is 0 Å². The lowest BCUT2D eigenvalue weighted by Crippen LogP contribution is -2.31. The second-order valence-electron chi connectivity index (χ2n) is 4.96. The van der Waals surface area contributed by atoms with Crippen molar-refractivity contribution >= 4 is 11.8 Å². The molecule has 0 unspecified atom stereocenters. The fourth-order valence-electron chi connectivity index (χ4n) is 2.58. The summed E-state index contributed by atoms with van der Waals surface area (Å²) in [6, 6.07) is 3.68. The zero-order valence-corrected chi connectivity index (χ0v) is 10.8. The van der Waals surface area contributed by atoms with Gasteiger partial charge in [0.1, 0.15) is 5.82 Å². The summed E-state index contributed by atoms with van der Waals surface area (Å²) in [6.45, 7) is 0. The minimum absolute atomic E-state index is 0.306. The van der Waals surface area contributed by atoms with Crippen molar-refractivity contribution in [1.29, 1.82) is 0 Å². The molecule has 1 aliphatic carbocycles. The van der Waals surface area contributed by atoms with Gasteiger partial charge in [0, 0.05) is 19.3 Å². The number of carboxylic acids is 1. The summed E-state index contributed by atoms with van der Waals surface area (Å²) in [4.78, 5) is 17.4. The van der Waals surface area contributed by atoms with Crippen LogP contribution in [0.5, 0.6) is 0 Å². The van der Waals surface area contributed by atoms with E-state index in [0.29, 0.717) is 11.6 Å². The number of aromatic nitrogens is 1. The third-order valence-electron chi connectivity index (χ3n) is 3.73. The molecule has 0 radical (unpaired) electrons. The third kappa shape index (κ3) is 3.00. The Labute approximate surface area is 108 Å². The van der Waals surface area contributed by atoms with E-state index >= 15 is 0 Å². The first-order valence-electron chi connectivity index (χ1n) is 6.60. The lowest BCUT2D eigenvalue weighted by molar-refractivity contribution is 0.0697. The third-order valence-corrected chi connectivity index (χ3v) is 3.73. The number of hydrogen-bond acceptors (Lipinski definition) is 3. The van der Waals surface area contributed by atoms with Gasteiger partial charge >= 0.3 is 5.97 Å². The van der Waals surface area contributed by atoms with Crippen LogP contribution in [0.15, 0.2) is 18.3 Å². The summed E-state index contributed by atoms with van der Waals surface area (Å²) in [5, 5.41) is 9.00. The van der Waals surface area contributed by atoms with E-state index in [0.717, 1.165) is 5.82 Å². The largest absolute Gasteiger partial charge is 0.478 e. The Morgan fingerprint density at radius 2 is 2.00 bits per heavy atom. The molecule has 1 N–H and O–H groups in total. The smallest absolute Gasteiger partial charge is 0.335 e. The Bertz CT molecular complexity index is 412. The lowest BCUT2D eigenvalue weighted by atomic mass is 10.1. The Morgan fingerprint density at radius 1 is 1.33 bits per heavy atom. The maximum Gasteiger partial charge on any atom is 0.335 e. The van der Waals surface area contributed by atoms with Gasteiger partial charge in [-0.05, 0) is 25.0 Å². The predicted octanol–water partition coefficient (Wildman–Crippen LogP) is 2.94. The van der Waals surface area contributed by atoms with Crippen LogP contribution in [-0.4, -0.2) is 29.1 Å². The number of rotatable bonds is 3. The fraction of sp³-hybridized carbons (Fsp3) is 0.571. The van der Waals surface area contributed by atoms with E-state index in [2.05, 4.69) is 9.88 Å². The lowest BCUT2D eigenvalue weighted by Gasteiger charge is -2.28. The molecule has 0 saturated heterocycles. The van der Waals surface area contributed by atoms with Gasteiger partial charge in [-0.25, -0.2) is 9.78 Å². The van der Waals surface area contributed by atoms with Crippen LogP contribution in [0.1, 0.15) is 48.9 Å². The van der Waals surface area contributed by atoms with Crippen molar-refractivity contribution in [3.8, 4) is 0 Å². The van der Waals surface area contributed by atoms with Gasteiger partial charge < -0.3 is 10.0 Å². The minimum atomic E-state index is -0.895. The van der Waals surface area contributed by atoms with E-state index in [1.54, 1.807) is 12.3 Å². The van der Waals surface area contributed by atoms with Crippen molar-refractivity contribution in [1.82, 2.24) is 4.98 Å². The van der Waals surface area contributed by atoms with Crippen LogP contribution in [0.4, 0.5) is 5.82 Å². The minimum Gasteiger partial charge on any atom is -0.478 e. The van der Waals surface area contributed by atoms with Gasteiger partial charge in [-0.2, -0.15) is 0 Å². The molecule has 0 atom stereocenters. The van der Waals surface area contributed by atoms with Crippen LogP contribution in [0.3, 0.4) is 0 Å². The number of carbonyl (C=O) groups is 1. The normalized spacial score (nSPS) is 17.2. The molecule has 0 spiro atoms. The van der Waals surface area contributed by atoms with Crippen molar-refractivity contribution in [2.24, 2.45) is 0 Å². The first kappa shape index (κ1) is 12.9. The Morgan fingerprint density at radius 3 is 2.61 bits per heavy atom. The molecule has 1 saturated carbocycles. The Hall–Kier alpha value is -1.58. The molecular weight excluding hydrogens is 228 g/mol. The number of aromatic carboxylic acids is 1. The van der Waals surface area contributed by atoms with Crippen LogP contribution in [0, 0.1) is 0 Å². The molecule has 1 heterocycles. The molecule has 1 aromatic rings. The summed E-state index contributed by atoms with van der Waals surface area (Å²) in [5.41, 5.74) is 0.306. The van der Waals surface area contributed by atoms with Crippen molar-refractivity contribution in [3.63, 3.8) is 0 Å².